The van der Waals surface area contributed by atoms with Gasteiger partial charge >= 0.3 is 12.1 Å². The summed E-state index contributed by atoms with van der Waals surface area (Å²) in [6.45, 7) is 9.34. The molecule has 0 aliphatic heterocycles. The molecule has 2 rings (SSSR count). The fourth-order valence-electron chi connectivity index (χ4n) is 4.20. The number of rotatable bonds is 12. The zero-order valence-electron chi connectivity index (χ0n) is 26.0. The van der Waals surface area contributed by atoms with Gasteiger partial charge in [0.1, 0.15) is 35.9 Å². The first-order chi connectivity index (χ1) is 20.5. The quantitative estimate of drug-likeness (QED) is 0.243. The van der Waals surface area contributed by atoms with E-state index in [-0.39, 0.29) is 6.42 Å². The number of ether oxygens (including phenoxy) is 2. The van der Waals surface area contributed by atoms with E-state index in [9.17, 15) is 29.2 Å². The van der Waals surface area contributed by atoms with Gasteiger partial charge in [-0.3, -0.25) is 14.4 Å². The van der Waals surface area contributed by atoms with Crippen LogP contribution in [-0.2, 0) is 35.1 Å². The summed E-state index contributed by atoms with van der Waals surface area (Å²) in [5, 5.41) is 14.7. The maximum absolute atomic E-state index is 14.1. The molecule has 0 aliphatic carbocycles. The minimum absolute atomic E-state index is 0.0830. The van der Waals surface area contributed by atoms with Crippen molar-refractivity contribution in [3.63, 3.8) is 0 Å². The van der Waals surface area contributed by atoms with Gasteiger partial charge in [0, 0.05) is 6.42 Å². The van der Waals surface area contributed by atoms with Crippen molar-refractivity contribution in [2.24, 2.45) is 5.73 Å². The Morgan fingerprint density at radius 1 is 0.841 bits per heavy atom. The molecule has 0 saturated heterocycles. The summed E-state index contributed by atoms with van der Waals surface area (Å²) in [6.07, 6.45) is -1.54. The number of alkyl carbamates (subject to hydrolysis) is 1. The SMILES string of the molecule is CC(C)(C)OC(=O)NC(CC(N)=O)C(=O)N(CC#N)C(C(=O)NC(Cc1ccccc1)C(=O)OC(C)(C)C)c1ccccc1. The summed E-state index contributed by atoms with van der Waals surface area (Å²) in [4.78, 5) is 66.6. The van der Waals surface area contributed by atoms with Crippen LogP contribution < -0.4 is 16.4 Å². The van der Waals surface area contributed by atoms with E-state index in [1.807, 2.05) is 12.1 Å². The van der Waals surface area contributed by atoms with Crippen LogP contribution in [0.3, 0.4) is 0 Å². The molecule has 4 N–H and O–H groups in total. The molecule has 44 heavy (non-hydrogen) atoms. The zero-order valence-corrected chi connectivity index (χ0v) is 26.0. The Kier molecular flexibility index (Phi) is 12.4. The first kappa shape index (κ1) is 35.3. The maximum Gasteiger partial charge on any atom is 0.408 e. The minimum Gasteiger partial charge on any atom is -0.458 e. The second-order valence-corrected chi connectivity index (χ2v) is 12.1. The molecule has 4 amide bonds. The molecule has 236 valence electrons. The Morgan fingerprint density at radius 3 is 1.89 bits per heavy atom. The molecular formula is C32H41N5O7. The van der Waals surface area contributed by atoms with E-state index in [1.54, 1.807) is 96.1 Å². The summed E-state index contributed by atoms with van der Waals surface area (Å²) in [6, 6.07) is 14.8. The number of primary amides is 1. The van der Waals surface area contributed by atoms with E-state index in [1.165, 1.54) is 0 Å². The van der Waals surface area contributed by atoms with Crippen molar-refractivity contribution in [3.05, 3.63) is 71.8 Å². The number of benzene rings is 2. The van der Waals surface area contributed by atoms with E-state index in [0.29, 0.717) is 5.56 Å². The van der Waals surface area contributed by atoms with E-state index in [4.69, 9.17) is 15.2 Å². The van der Waals surface area contributed by atoms with Gasteiger partial charge in [-0.2, -0.15) is 5.26 Å². The average Bonchev–Trinajstić information content (AvgIpc) is 2.90. The highest BCUT2D eigenvalue weighted by Crippen LogP contribution is 2.24. The number of hydrogen-bond acceptors (Lipinski definition) is 8. The minimum atomic E-state index is -1.55. The Bertz CT molecular complexity index is 1350. The van der Waals surface area contributed by atoms with Crippen molar-refractivity contribution in [3.8, 4) is 6.07 Å². The molecule has 2 aromatic rings. The van der Waals surface area contributed by atoms with Crippen LogP contribution in [0, 0.1) is 11.3 Å². The lowest BCUT2D eigenvalue weighted by atomic mass is 10.0. The first-order valence-electron chi connectivity index (χ1n) is 14.1. The number of amides is 4. The summed E-state index contributed by atoms with van der Waals surface area (Å²) in [7, 11) is 0. The lowest BCUT2D eigenvalue weighted by Crippen LogP contribution is -2.55. The Morgan fingerprint density at radius 2 is 1.39 bits per heavy atom. The summed E-state index contributed by atoms with van der Waals surface area (Å²) in [5.41, 5.74) is 4.66. The molecule has 0 spiro atoms. The molecule has 0 fully saturated rings. The third kappa shape index (κ3) is 11.8. The van der Waals surface area contributed by atoms with Crippen molar-refractivity contribution in [1.82, 2.24) is 15.5 Å². The highest BCUT2D eigenvalue weighted by molar-refractivity contribution is 5.95. The van der Waals surface area contributed by atoms with Crippen molar-refractivity contribution in [1.29, 1.82) is 5.26 Å². The zero-order chi connectivity index (χ0) is 33.1. The van der Waals surface area contributed by atoms with Gasteiger partial charge in [-0.25, -0.2) is 9.59 Å². The number of hydrogen-bond donors (Lipinski definition) is 3. The van der Waals surface area contributed by atoms with Crippen LogP contribution in [0.1, 0.15) is 65.1 Å². The van der Waals surface area contributed by atoms with E-state index < -0.39 is 72.1 Å². The molecule has 3 unspecified atom stereocenters. The number of esters is 1. The monoisotopic (exact) mass is 607 g/mol. The Balaban J connectivity index is 2.54. The van der Waals surface area contributed by atoms with Crippen molar-refractivity contribution >= 4 is 29.8 Å². The van der Waals surface area contributed by atoms with E-state index in [0.717, 1.165) is 10.5 Å². The van der Waals surface area contributed by atoms with Crippen LogP contribution in [0.15, 0.2) is 60.7 Å². The van der Waals surface area contributed by atoms with Crippen LogP contribution in [0.5, 0.6) is 0 Å². The van der Waals surface area contributed by atoms with Crippen LogP contribution >= 0.6 is 0 Å². The summed E-state index contributed by atoms with van der Waals surface area (Å²) in [5.74, 6) is -3.33. The second kappa shape index (κ2) is 15.5. The molecule has 0 saturated carbocycles. The molecule has 0 bridgehead atoms. The molecular weight excluding hydrogens is 566 g/mol. The number of carbonyl (C=O) groups excluding carboxylic acids is 5. The fraction of sp³-hybridized carbons (Fsp3) is 0.438. The number of nitrogens with zero attached hydrogens (tertiary/aromatic N) is 2. The van der Waals surface area contributed by atoms with E-state index in [2.05, 4.69) is 10.6 Å². The normalized spacial score (nSPS) is 13.3. The van der Waals surface area contributed by atoms with Gasteiger partial charge in [-0.1, -0.05) is 60.7 Å². The fourth-order valence-corrected chi connectivity index (χ4v) is 4.20. The maximum atomic E-state index is 14.1. The molecule has 0 aliphatic rings. The molecule has 12 nitrogen and oxygen atoms in total. The Hall–Kier alpha value is -4.92. The van der Waals surface area contributed by atoms with Crippen molar-refractivity contribution < 1.29 is 33.4 Å². The molecule has 0 radical (unpaired) electrons. The highest BCUT2D eigenvalue weighted by Gasteiger charge is 2.38. The number of nitrogens with one attached hydrogen (secondary N) is 2. The Labute approximate surface area is 257 Å². The number of carbonyl (C=O) groups is 5. The molecule has 3 atom stereocenters. The standard InChI is InChI=1S/C32H41N5O7/c1-31(2,3)43-29(41)24(19-21-13-9-7-10-14-21)35-27(39)26(22-15-11-8-12-16-22)37(18-17-33)28(40)23(20-25(34)38)36-30(42)44-32(4,5)6/h7-16,23-24,26H,18-20H2,1-6H3,(H2,34,38)(H,35,39)(H,36,42). The summed E-state index contributed by atoms with van der Waals surface area (Å²) < 4.78 is 10.8. The van der Waals surface area contributed by atoms with Gasteiger partial charge in [0.25, 0.3) is 0 Å². The predicted molar refractivity (Wildman–Crippen MR) is 161 cm³/mol. The van der Waals surface area contributed by atoms with Gasteiger partial charge in [-0.05, 0) is 52.7 Å². The average molecular weight is 608 g/mol. The number of nitriles is 1. The molecule has 0 aromatic heterocycles. The predicted octanol–water partition coefficient (Wildman–Crippen LogP) is 2.92. The van der Waals surface area contributed by atoms with Crippen molar-refractivity contribution in [2.75, 3.05) is 6.54 Å². The van der Waals surface area contributed by atoms with E-state index >= 15 is 0 Å². The van der Waals surface area contributed by atoms with Crippen LogP contribution in [0.2, 0.25) is 0 Å². The highest BCUT2D eigenvalue weighted by atomic mass is 16.6. The third-order valence-electron chi connectivity index (χ3n) is 5.88. The lowest BCUT2D eigenvalue weighted by molar-refractivity contribution is -0.159. The smallest absolute Gasteiger partial charge is 0.408 e. The van der Waals surface area contributed by atoms with Crippen LogP contribution in [-0.4, -0.2) is 64.5 Å². The number of nitrogens with two attached hydrogens (primary N) is 1. The van der Waals surface area contributed by atoms with Crippen LogP contribution in [0.25, 0.3) is 0 Å². The molecule has 12 heteroatoms. The largest absolute Gasteiger partial charge is 0.458 e. The topological polar surface area (TPSA) is 181 Å². The second-order valence-electron chi connectivity index (χ2n) is 12.1. The van der Waals surface area contributed by atoms with Gasteiger partial charge in [0.05, 0.1) is 12.5 Å². The molecule has 0 heterocycles. The van der Waals surface area contributed by atoms with Gasteiger partial charge < -0.3 is 30.7 Å². The summed E-state index contributed by atoms with van der Waals surface area (Å²) >= 11 is 0. The lowest BCUT2D eigenvalue weighted by Gasteiger charge is -2.33. The van der Waals surface area contributed by atoms with Gasteiger partial charge in [0.2, 0.25) is 17.7 Å². The van der Waals surface area contributed by atoms with Crippen molar-refractivity contribution in [2.45, 2.75) is 83.7 Å². The van der Waals surface area contributed by atoms with Gasteiger partial charge in [0.15, 0.2) is 0 Å². The molecule has 2 aromatic carbocycles. The van der Waals surface area contributed by atoms with Crippen LogP contribution in [0.4, 0.5) is 4.79 Å². The first-order valence-corrected chi connectivity index (χ1v) is 14.1. The van der Waals surface area contributed by atoms with Gasteiger partial charge in [-0.15, -0.1) is 0 Å². The third-order valence-corrected chi connectivity index (χ3v) is 5.88.